The van der Waals surface area contributed by atoms with Gasteiger partial charge in [-0.05, 0) is 18.8 Å². The standard InChI is InChI=1S/C12H23N5O/c1-8-10(14-7-15-11(8)17-13)16-9(5-6-18)12(2,3)4/h7,9,18H,5-6,13H2,1-4H3,(H2,14,15,16,17). The van der Waals surface area contributed by atoms with Gasteiger partial charge in [-0.2, -0.15) is 0 Å². The Morgan fingerprint density at radius 3 is 2.44 bits per heavy atom. The first-order valence-corrected chi connectivity index (χ1v) is 6.05. The van der Waals surface area contributed by atoms with Crippen molar-refractivity contribution in [2.45, 2.75) is 40.2 Å². The van der Waals surface area contributed by atoms with E-state index in [-0.39, 0.29) is 18.1 Å². The van der Waals surface area contributed by atoms with Gasteiger partial charge in [0.2, 0.25) is 0 Å². The van der Waals surface area contributed by atoms with E-state index >= 15 is 0 Å². The summed E-state index contributed by atoms with van der Waals surface area (Å²) in [6.45, 7) is 8.41. The maximum atomic E-state index is 9.14. The fourth-order valence-corrected chi connectivity index (χ4v) is 1.76. The van der Waals surface area contributed by atoms with E-state index in [4.69, 9.17) is 10.9 Å². The number of nitrogens with one attached hydrogen (secondary N) is 2. The molecule has 6 heteroatoms. The van der Waals surface area contributed by atoms with Gasteiger partial charge < -0.3 is 15.8 Å². The average Bonchev–Trinajstić information content (AvgIpc) is 2.29. The maximum absolute atomic E-state index is 9.14. The third-order valence-corrected chi connectivity index (χ3v) is 2.99. The number of aliphatic hydroxyl groups excluding tert-OH is 1. The molecule has 1 rings (SSSR count). The molecule has 18 heavy (non-hydrogen) atoms. The van der Waals surface area contributed by atoms with Crippen LogP contribution < -0.4 is 16.6 Å². The molecule has 1 heterocycles. The minimum atomic E-state index is 0.0242. The van der Waals surface area contributed by atoms with Crippen molar-refractivity contribution >= 4 is 11.6 Å². The number of aromatic nitrogens is 2. The van der Waals surface area contributed by atoms with E-state index in [1.54, 1.807) is 0 Å². The van der Waals surface area contributed by atoms with Crippen molar-refractivity contribution in [3.05, 3.63) is 11.9 Å². The van der Waals surface area contributed by atoms with Crippen LogP contribution in [-0.4, -0.2) is 27.7 Å². The normalized spacial score (nSPS) is 13.2. The molecule has 1 atom stereocenters. The van der Waals surface area contributed by atoms with Crippen LogP contribution in [0.1, 0.15) is 32.8 Å². The zero-order chi connectivity index (χ0) is 13.8. The molecule has 0 saturated heterocycles. The van der Waals surface area contributed by atoms with E-state index in [0.29, 0.717) is 12.2 Å². The molecule has 0 saturated carbocycles. The lowest BCUT2D eigenvalue weighted by atomic mass is 9.85. The molecule has 0 spiro atoms. The quantitative estimate of drug-likeness (QED) is 0.466. The van der Waals surface area contributed by atoms with Crippen molar-refractivity contribution < 1.29 is 5.11 Å². The minimum absolute atomic E-state index is 0.0242. The number of nitrogen functional groups attached to an aromatic ring is 1. The molecule has 0 aromatic carbocycles. The van der Waals surface area contributed by atoms with Gasteiger partial charge in [0.05, 0.1) is 0 Å². The summed E-state index contributed by atoms with van der Waals surface area (Å²) < 4.78 is 0. The number of hydrogen-bond donors (Lipinski definition) is 4. The average molecular weight is 253 g/mol. The molecule has 0 bridgehead atoms. The van der Waals surface area contributed by atoms with Gasteiger partial charge >= 0.3 is 0 Å². The molecule has 0 aliphatic heterocycles. The Kier molecular flexibility index (Phi) is 4.86. The predicted octanol–water partition coefficient (Wildman–Crippen LogP) is 1.28. The van der Waals surface area contributed by atoms with Crippen molar-refractivity contribution in [2.24, 2.45) is 11.3 Å². The van der Waals surface area contributed by atoms with Crippen molar-refractivity contribution in [1.29, 1.82) is 0 Å². The van der Waals surface area contributed by atoms with Gasteiger partial charge in [-0.25, -0.2) is 15.8 Å². The first-order valence-electron chi connectivity index (χ1n) is 6.05. The molecule has 6 nitrogen and oxygen atoms in total. The summed E-state index contributed by atoms with van der Waals surface area (Å²) in [5.41, 5.74) is 3.43. The van der Waals surface area contributed by atoms with Gasteiger partial charge in [0.1, 0.15) is 18.0 Å². The van der Waals surface area contributed by atoms with Gasteiger partial charge in [-0.1, -0.05) is 20.8 Å². The summed E-state index contributed by atoms with van der Waals surface area (Å²) in [6, 6.07) is 0.127. The maximum Gasteiger partial charge on any atom is 0.148 e. The Hall–Kier alpha value is -1.40. The van der Waals surface area contributed by atoms with Crippen LogP contribution in [0.25, 0.3) is 0 Å². The predicted molar refractivity (Wildman–Crippen MR) is 73.1 cm³/mol. The van der Waals surface area contributed by atoms with Gasteiger partial charge in [-0.15, -0.1) is 0 Å². The van der Waals surface area contributed by atoms with E-state index in [0.717, 1.165) is 11.4 Å². The molecule has 1 unspecified atom stereocenters. The highest BCUT2D eigenvalue weighted by Crippen LogP contribution is 2.27. The van der Waals surface area contributed by atoms with Crippen LogP contribution in [0.4, 0.5) is 11.6 Å². The third kappa shape index (κ3) is 3.54. The molecule has 102 valence electrons. The molecule has 0 radical (unpaired) electrons. The molecular weight excluding hydrogens is 230 g/mol. The van der Waals surface area contributed by atoms with Crippen LogP contribution in [0.15, 0.2) is 6.33 Å². The molecule has 0 fully saturated rings. The molecule has 1 aromatic rings. The Morgan fingerprint density at radius 1 is 1.33 bits per heavy atom. The van der Waals surface area contributed by atoms with Gasteiger partial charge in [0, 0.05) is 18.2 Å². The highest BCUT2D eigenvalue weighted by molar-refractivity contribution is 5.56. The minimum Gasteiger partial charge on any atom is -0.396 e. The molecule has 0 aliphatic carbocycles. The SMILES string of the molecule is Cc1c(NN)ncnc1NC(CCO)C(C)(C)C. The second-order valence-corrected chi connectivity index (χ2v) is 5.42. The van der Waals surface area contributed by atoms with Crippen LogP contribution in [-0.2, 0) is 0 Å². The number of nitrogens with two attached hydrogens (primary N) is 1. The summed E-state index contributed by atoms with van der Waals surface area (Å²) in [7, 11) is 0. The Balaban J connectivity index is 2.94. The fraction of sp³-hybridized carbons (Fsp3) is 0.667. The lowest BCUT2D eigenvalue weighted by Gasteiger charge is -2.32. The highest BCUT2D eigenvalue weighted by atomic mass is 16.3. The Bertz CT molecular complexity index is 389. The third-order valence-electron chi connectivity index (χ3n) is 2.99. The Labute approximate surface area is 108 Å². The smallest absolute Gasteiger partial charge is 0.148 e. The van der Waals surface area contributed by atoms with Gasteiger partial charge in [0.15, 0.2) is 0 Å². The highest BCUT2D eigenvalue weighted by Gasteiger charge is 2.25. The van der Waals surface area contributed by atoms with E-state index in [2.05, 4.69) is 41.5 Å². The largest absolute Gasteiger partial charge is 0.396 e. The van der Waals surface area contributed by atoms with Crippen LogP contribution in [0.2, 0.25) is 0 Å². The van der Waals surface area contributed by atoms with E-state index < -0.39 is 0 Å². The Morgan fingerprint density at radius 2 is 1.94 bits per heavy atom. The topological polar surface area (TPSA) is 96.1 Å². The van der Waals surface area contributed by atoms with Crippen molar-refractivity contribution in [3.8, 4) is 0 Å². The summed E-state index contributed by atoms with van der Waals surface area (Å²) in [4.78, 5) is 8.26. The van der Waals surface area contributed by atoms with Gasteiger partial charge in [-0.3, -0.25) is 0 Å². The van der Waals surface area contributed by atoms with Crippen LogP contribution in [0, 0.1) is 12.3 Å². The summed E-state index contributed by atoms with van der Waals surface area (Å²) in [5, 5.41) is 12.5. The summed E-state index contributed by atoms with van der Waals surface area (Å²) in [6.07, 6.45) is 2.13. The second kappa shape index (κ2) is 5.97. The number of anilines is 2. The monoisotopic (exact) mass is 253 g/mol. The van der Waals surface area contributed by atoms with Crippen LogP contribution in [0.5, 0.6) is 0 Å². The van der Waals surface area contributed by atoms with Crippen LogP contribution >= 0.6 is 0 Å². The molecule has 0 amide bonds. The van der Waals surface area contributed by atoms with Gasteiger partial charge in [0.25, 0.3) is 0 Å². The fourth-order valence-electron chi connectivity index (χ4n) is 1.76. The molecule has 5 N–H and O–H groups in total. The second-order valence-electron chi connectivity index (χ2n) is 5.42. The summed E-state index contributed by atoms with van der Waals surface area (Å²) >= 11 is 0. The van der Waals surface area contributed by atoms with E-state index in [1.165, 1.54) is 6.33 Å². The van der Waals surface area contributed by atoms with Crippen LogP contribution in [0.3, 0.4) is 0 Å². The number of rotatable bonds is 5. The zero-order valence-corrected chi connectivity index (χ0v) is 11.5. The zero-order valence-electron chi connectivity index (χ0n) is 11.5. The van der Waals surface area contributed by atoms with E-state index in [1.807, 2.05) is 6.92 Å². The molecular formula is C12H23N5O. The first-order chi connectivity index (χ1) is 8.40. The number of aliphatic hydroxyl groups is 1. The molecule has 0 aliphatic rings. The van der Waals surface area contributed by atoms with Crippen molar-refractivity contribution in [2.75, 3.05) is 17.3 Å². The summed E-state index contributed by atoms with van der Waals surface area (Å²) in [5.74, 6) is 6.73. The van der Waals surface area contributed by atoms with E-state index in [9.17, 15) is 0 Å². The lowest BCUT2D eigenvalue weighted by Crippen LogP contribution is -2.35. The lowest BCUT2D eigenvalue weighted by molar-refractivity contribution is 0.235. The number of hydrazine groups is 1. The van der Waals surface area contributed by atoms with Crippen molar-refractivity contribution in [3.63, 3.8) is 0 Å². The number of hydrogen-bond acceptors (Lipinski definition) is 6. The first kappa shape index (κ1) is 14.7. The molecule has 1 aromatic heterocycles. The number of nitrogens with zero attached hydrogens (tertiary/aromatic N) is 2. The van der Waals surface area contributed by atoms with Crippen molar-refractivity contribution in [1.82, 2.24) is 9.97 Å².